The molecule has 0 fully saturated rings. The normalized spacial score (nSPS) is 12.0. The van der Waals surface area contributed by atoms with E-state index in [4.69, 9.17) is 5.26 Å². The van der Waals surface area contributed by atoms with Crippen LogP contribution in [0.5, 0.6) is 0 Å². The van der Waals surface area contributed by atoms with Crippen LogP contribution in [0.1, 0.15) is 18.2 Å². The van der Waals surface area contributed by atoms with Gasteiger partial charge in [-0.25, -0.2) is 0 Å². The molecule has 56 valence electrons. The molecular weight excluding hydrogens is 140 g/mol. The van der Waals surface area contributed by atoms with Crippen molar-refractivity contribution in [2.75, 3.05) is 0 Å². The van der Waals surface area contributed by atoms with Gasteiger partial charge in [-0.3, -0.25) is 4.98 Å². The summed E-state index contributed by atoms with van der Waals surface area (Å²) in [6, 6.07) is 7.12. The van der Waals surface area contributed by atoms with Crippen LogP contribution < -0.4 is 0 Å². The maximum absolute atomic E-state index is 9.24. The van der Waals surface area contributed by atoms with Gasteiger partial charge in [0, 0.05) is 6.20 Å². The lowest BCUT2D eigenvalue weighted by molar-refractivity contribution is 0.178. The summed E-state index contributed by atoms with van der Waals surface area (Å²) < 4.78 is 0. The molecule has 0 spiro atoms. The zero-order chi connectivity index (χ0) is 8.10. The molecule has 0 aliphatic heterocycles. The molecule has 1 atom stereocenters. The van der Waals surface area contributed by atoms with Crippen LogP contribution in [0.25, 0.3) is 0 Å². The largest absolute Gasteiger partial charge is 0.386 e. The number of rotatable bonds is 2. The van der Waals surface area contributed by atoms with Gasteiger partial charge in [-0.1, -0.05) is 6.07 Å². The third-order valence-electron chi connectivity index (χ3n) is 1.31. The molecule has 0 amide bonds. The zero-order valence-corrected chi connectivity index (χ0v) is 5.94. The SMILES string of the molecule is N#CC[C@H](O)c1ccccn1. The van der Waals surface area contributed by atoms with Crippen LogP contribution in [0, 0.1) is 11.3 Å². The lowest BCUT2D eigenvalue weighted by atomic mass is 10.2. The van der Waals surface area contributed by atoms with Crippen LogP contribution in [0.15, 0.2) is 24.4 Å². The molecular formula is C8H8N2O. The van der Waals surface area contributed by atoms with Crippen molar-refractivity contribution in [3.8, 4) is 6.07 Å². The predicted octanol–water partition coefficient (Wildman–Crippen LogP) is 1.03. The van der Waals surface area contributed by atoms with Crippen LogP contribution in [0.2, 0.25) is 0 Å². The van der Waals surface area contributed by atoms with E-state index in [-0.39, 0.29) is 6.42 Å². The minimum absolute atomic E-state index is 0.0943. The fourth-order valence-electron chi connectivity index (χ4n) is 0.764. The van der Waals surface area contributed by atoms with Crippen molar-refractivity contribution < 1.29 is 5.11 Å². The van der Waals surface area contributed by atoms with E-state index in [1.807, 2.05) is 6.07 Å². The Morgan fingerprint density at radius 1 is 1.64 bits per heavy atom. The van der Waals surface area contributed by atoms with Crippen molar-refractivity contribution in [1.82, 2.24) is 4.98 Å². The number of aliphatic hydroxyl groups is 1. The molecule has 1 aromatic rings. The number of nitriles is 1. The fourth-order valence-corrected chi connectivity index (χ4v) is 0.764. The maximum atomic E-state index is 9.24. The summed E-state index contributed by atoms with van der Waals surface area (Å²) in [5.74, 6) is 0. The van der Waals surface area contributed by atoms with Gasteiger partial charge in [0.1, 0.15) is 6.10 Å². The van der Waals surface area contributed by atoms with Crippen LogP contribution in [-0.4, -0.2) is 10.1 Å². The first-order chi connectivity index (χ1) is 5.34. The Morgan fingerprint density at radius 2 is 2.45 bits per heavy atom. The first-order valence-electron chi connectivity index (χ1n) is 3.30. The third-order valence-corrected chi connectivity index (χ3v) is 1.31. The van der Waals surface area contributed by atoms with Gasteiger partial charge < -0.3 is 5.11 Å². The van der Waals surface area contributed by atoms with E-state index >= 15 is 0 Å². The molecule has 0 aliphatic carbocycles. The molecule has 0 saturated carbocycles. The Bertz CT molecular complexity index is 253. The average Bonchev–Trinajstić information content (AvgIpc) is 2.07. The van der Waals surface area contributed by atoms with Crippen molar-refractivity contribution in [3.63, 3.8) is 0 Å². The molecule has 0 aromatic carbocycles. The third kappa shape index (κ3) is 2.03. The van der Waals surface area contributed by atoms with Gasteiger partial charge in [0.2, 0.25) is 0 Å². The van der Waals surface area contributed by atoms with E-state index in [2.05, 4.69) is 4.98 Å². The molecule has 0 bridgehead atoms. The smallest absolute Gasteiger partial charge is 0.109 e. The molecule has 0 radical (unpaired) electrons. The van der Waals surface area contributed by atoms with Crippen molar-refractivity contribution in [2.24, 2.45) is 0 Å². The Balaban J connectivity index is 2.70. The number of pyridine rings is 1. The summed E-state index contributed by atoms with van der Waals surface area (Å²) in [6.07, 6.45) is 0.939. The zero-order valence-electron chi connectivity index (χ0n) is 5.94. The van der Waals surface area contributed by atoms with Gasteiger partial charge >= 0.3 is 0 Å². The highest BCUT2D eigenvalue weighted by Crippen LogP contribution is 2.11. The average molecular weight is 148 g/mol. The highest BCUT2D eigenvalue weighted by atomic mass is 16.3. The molecule has 1 N–H and O–H groups in total. The lowest BCUT2D eigenvalue weighted by Crippen LogP contribution is -1.97. The number of aliphatic hydroxyl groups excluding tert-OH is 1. The van der Waals surface area contributed by atoms with Crippen molar-refractivity contribution >= 4 is 0 Å². The van der Waals surface area contributed by atoms with Gasteiger partial charge in [-0.05, 0) is 12.1 Å². The second kappa shape index (κ2) is 3.69. The predicted molar refractivity (Wildman–Crippen MR) is 39.4 cm³/mol. The lowest BCUT2D eigenvalue weighted by Gasteiger charge is -2.03. The monoisotopic (exact) mass is 148 g/mol. The standard InChI is InChI=1S/C8H8N2O/c9-5-4-8(11)7-3-1-2-6-10-7/h1-3,6,8,11H,4H2/t8-/m0/s1. The topological polar surface area (TPSA) is 56.9 Å². The molecule has 1 heterocycles. The first-order valence-corrected chi connectivity index (χ1v) is 3.30. The molecule has 3 nitrogen and oxygen atoms in total. The second-order valence-corrected chi connectivity index (χ2v) is 2.13. The van der Waals surface area contributed by atoms with E-state index in [1.165, 1.54) is 0 Å². The second-order valence-electron chi connectivity index (χ2n) is 2.13. The highest BCUT2D eigenvalue weighted by molar-refractivity contribution is 5.07. The summed E-state index contributed by atoms with van der Waals surface area (Å²) in [7, 11) is 0. The Labute approximate surface area is 64.9 Å². The quantitative estimate of drug-likeness (QED) is 0.681. The van der Waals surface area contributed by atoms with Gasteiger partial charge in [0.25, 0.3) is 0 Å². The van der Waals surface area contributed by atoms with Crippen molar-refractivity contribution in [2.45, 2.75) is 12.5 Å². The van der Waals surface area contributed by atoms with Crippen LogP contribution in [0.4, 0.5) is 0 Å². The highest BCUT2D eigenvalue weighted by Gasteiger charge is 2.05. The molecule has 1 aromatic heterocycles. The number of hydrogen-bond acceptors (Lipinski definition) is 3. The Hall–Kier alpha value is -1.40. The van der Waals surface area contributed by atoms with Gasteiger partial charge in [0.15, 0.2) is 0 Å². The van der Waals surface area contributed by atoms with Gasteiger partial charge in [-0.15, -0.1) is 0 Å². The summed E-state index contributed by atoms with van der Waals surface area (Å²) in [5.41, 5.74) is 0.550. The van der Waals surface area contributed by atoms with E-state index < -0.39 is 6.10 Å². The minimum atomic E-state index is -0.749. The minimum Gasteiger partial charge on any atom is -0.386 e. The van der Waals surface area contributed by atoms with Gasteiger partial charge in [0.05, 0.1) is 18.2 Å². The Morgan fingerprint density at radius 3 is 3.00 bits per heavy atom. The molecule has 3 heteroatoms. The molecule has 0 unspecified atom stereocenters. The summed E-state index contributed by atoms with van der Waals surface area (Å²) in [5, 5.41) is 17.5. The summed E-state index contributed by atoms with van der Waals surface area (Å²) >= 11 is 0. The van der Waals surface area contributed by atoms with Crippen LogP contribution >= 0.6 is 0 Å². The number of hydrogen-bond donors (Lipinski definition) is 1. The molecule has 1 rings (SSSR count). The van der Waals surface area contributed by atoms with E-state index in [0.29, 0.717) is 5.69 Å². The molecule has 11 heavy (non-hydrogen) atoms. The first kappa shape index (κ1) is 7.70. The van der Waals surface area contributed by atoms with Crippen LogP contribution in [0.3, 0.4) is 0 Å². The van der Waals surface area contributed by atoms with E-state index in [1.54, 1.807) is 24.4 Å². The summed E-state index contributed by atoms with van der Waals surface area (Å²) in [6.45, 7) is 0. The maximum Gasteiger partial charge on any atom is 0.109 e. The van der Waals surface area contributed by atoms with Crippen LogP contribution in [-0.2, 0) is 0 Å². The van der Waals surface area contributed by atoms with E-state index in [0.717, 1.165) is 0 Å². The Kier molecular flexibility index (Phi) is 2.59. The molecule has 0 saturated heterocycles. The number of aromatic nitrogens is 1. The van der Waals surface area contributed by atoms with E-state index in [9.17, 15) is 5.11 Å². The summed E-state index contributed by atoms with van der Waals surface area (Å²) in [4.78, 5) is 3.90. The fraction of sp³-hybridized carbons (Fsp3) is 0.250. The molecule has 0 aliphatic rings. The number of nitrogens with zero attached hydrogens (tertiary/aromatic N) is 2. The van der Waals surface area contributed by atoms with Crippen molar-refractivity contribution in [1.29, 1.82) is 5.26 Å². The van der Waals surface area contributed by atoms with Crippen molar-refractivity contribution in [3.05, 3.63) is 30.1 Å². The van der Waals surface area contributed by atoms with Gasteiger partial charge in [-0.2, -0.15) is 5.26 Å².